The maximum absolute atomic E-state index is 15.0. The fraction of sp³-hybridized carbons (Fsp3) is 0.556. The van der Waals surface area contributed by atoms with E-state index in [4.69, 9.17) is 4.74 Å². The van der Waals surface area contributed by atoms with E-state index in [1.165, 1.54) is 24.1 Å². The third-order valence-corrected chi connectivity index (χ3v) is 4.33. The SMILES string of the molecule is COCCNC(=O)C1(F)CCCN(C(=O)NCc2ccc(OC(F)(F)F)cc2)C1. The summed E-state index contributed by atoms with van der Waals surface area (Å²) >= 11 is 0. The number of rotatable bonds is 7. The van der Waals surface area contributed by atoms with Gasteiger partial charge in [-0.3, -0.25) is 4.79 Å². The van der Waals surface area contributed by atoms with Gasteiger partial charge in [-0.25, -0.2) is 9.18 Å². The zero-order valence-corrected chi connectivity index (χ0v) is 15.9. The molecule has 7 nitrogen and oxygen atoms in total. The third-order valence-electron chi connectivity index (χ3n) is 4.33. The fourth-order valence-corrected chi connectivity index (χ4v) is 2.89. The number of benzene rings is 1. The number of hydrogen-bond acceptors (Lipinski definition) is 4. The molecule has 1 aliphatic rings. The Labute approximate surface area is 165 Å². The highest BCUT2D eigenvalue weighted by atomic mass is 19.4. The summed E-state index contributed by atoms with van der Waals surface area (Å²) in [6.45, 7) is 0.359. The molecule has 1 fully saturated rings. The second-order valence-corrected chi connectivity index (χ2v) is 6.59. The summed E-state index contributed by atoms with van der Waals surface area (Å²) in [7, 11) is 1.46. The lowest BCUT2D eigenvalue weighted by Gasteiger charge is -2.36. The Hall–Kier alpha value is -2.56. The predicted octanol–water partition coefficient (Wildman–Crippen LogP) is 2.36. The van der Waals surface area contributed by atoms with Gasteiger partial charge in [0.15, 0.2) is 0 Å². The predicted molar refractivity (Wildman–Crippen MR) is 94.9 cm³/mol. The molecule has 0 spiro atoms. The highest BCUT2D eigenvalue weighted by Crippen LogP contribution is 2.26. The topological polar surface area (TPSA) is 79.9 Å². The van der Waals surface area contributed by atoms with Crippen LogP contribution >= 0.6 is 0 Å². The van der Waals surface area contributed by atoms with Crippen molar-refractivity contribution in [1.82, 2.24) is 15.5 Å². The van der Waals surface area contributed by atoms with Gasteiger partial charge in [-0.2, -0.15) is 0 Å². The van der Waals surface area contributed by atoms with E-state index in [0.29, 0.717) is 18.5 Å². The normalized spacial score (nSPS) is 19.6. The monoisotopic (exact) mass is 421 g/mol. The Morgan fingerprint density at radius 1 is 1.21 bits per heavy atom. The molecule has 1 heterocycles. The third kappa shape index (κ3) is 7.08. The van der Waals surface area contributed by atoms with Gasteiger partial charge >= 0.3 is 12.4 Å². The van der Waals surface area contributed by atoms with Crippen LogP contribution in [0.4, 0.5) is 22.4 Å². The number of methoxy groups -OCH3 is 1. The van der Waals surface area contributed by atoms with Gasteiger partial charge in [-0.1, -0.05) is 12.1 Å². The van der Waals surface area contributed by atoms with Crippen LogP contribution in [0.1, 0.15) is 18.4 Å². The first-order valence-corrected chi connectivity index (χ1v) is 8.96. The number of amides is 3. The minimum Gasteiger partial charge on any atom is -0.406 e. The standard InChI is InChI=1S/C18H23F4N3O4/c1-28-10-8-23-15(26)17(19)7-2-9-25(12-17)16(27)24-11-13-3-5-14(6-4-13)29-18(20,21)22/h3-6H,2,7-12H2,1H3,(H,23,26)(H,24,27). The lowest BCUT2D eigenvalue weighted by molar-refractivity contribution is -0.274. The number of urea groups is 1. The van der Waals surface area contributed by atoms with Crippen molar-refractivity contribution < 1.29 is 36.6 Å². The van der Waals surface area contributed by atoms with Gasteiger partial charge in [0.1, 0.15) is 5.75 Å². The first-order chi connectivity index (χ1) is 13.6. The number of halogens is 4. The first kappa shape index (κ1) is 22.7. The minimum atomic E-state index is -4.78. The number of nitrogens with zero attached hydrogens (tertiary/aromatic N) is 1. The van der Waals surface area contributed by atoms with Crippen LogP contribution in [0.5, 0.6) is 5.75 Å². The summed E-state index contributed by atoms with van der Waals surface area (Å²) in [4.78, 5) is 25.6. The summed E-state index contributed by atoms with van der Waals surface area (Å²) in [6, 6.07) is 4.45. The second-order valence-electron chi connectivity index (χ2n) is 6.59. The number of likely N-dealkylation sites (tertiary alicyclic amines) is 1. The van der Waals surface area contributed by atoms with Crippen molar-refractivity contribution in [2.45, 2.75) is 31.4 Å². The van der Waals surface area contributed by atoms with Gasteiger partial charge < -0.3 is 25.0 Å². The summed E-state index contributed by atoms with van der Waals surface area (Å²) in [5.74, 6) is -1.15. The average molecular weight is 421 g/mol. The summed E-state index contributed by atoms with van der Waals surface area (Å²) < 4.78 is 60.0. The molecule has 2 rings (SSSR count). The number of carbonyl (C=O) groups is 2. The molecule has 0 aromatic heterocycles. The van der Waals surface area contributed by atoms with Crippen LogP contribution in [0.2, 0.25) is 0 Å². The van der Waals surface area contributed by atoms with Crippen LogP contribution in [-0.4, -0.2) is 62.2 Å². The molecule has 1 unspecified atom stereocenters. The van der Waals surface area contributed by atoms with E-state index in [0.717, 1.165) is 12.1 Å². The molecular weight excluding hydrogens is 398 g/mol. The molecule has 0 bridgehead atoms. The lowest BCUT2D eigenvalue weighted by Crippen LogP contribution is -2.57. The van der Waals surface area contributed by atoms with Crippen LogP contribution in [0.3, 0.4) is 0 Å². The largest absolute Gasteiger partial charge is 0.573 e. The summed E-state index contributed by atoms with van der Waals surface area (Å²) in [5, 5.41) is 5.01. The zero-order chi connectivity index (χ0) is 21.5. The van der Waals surface area contributed by atoms with Crippen molar-refractivity contribution >= 4 is 11.9 Å². The fourth-order valence-electron chi connectivity index (χ4n) is 2.89. The Balaban J connectivity index is 1.86. The molecule has 1 aromatic rings. The van der Waals surface area contributed by atoms with Crippen molar-refractivity contribution in [2.24, 2.45) is 0 Å². The molecule has 162 valence electrons. The van der Waals surface area contributed by atoms with Crippen molar-refractivity contribution in [3.8, 4) is 5.75 Å². The molecule has 0 aliphatic carbocycles. The summed E-state index contributed by atoms with van der Waals surface area (Å²) in [6.07, 6.45) is -4.44. The quantitative estimate of drug-likeness (QED) is 0.523. The number of ether oxygens (including phenoxy) is 2. The lowest BCUT2D eigenvalue weighted by atomic mass is 9.94. The Bertz CT molecular complexity index is 699. The van der Waals surface area contributed by atoms with Gasteiger partial charge in [0.25, 0.3) is 5.91 Å². The highest BCUT2D eigenvalue weighted by molar-refractivity contribution is 5.86. The molecule has 1 atom stereocenters. The smallest absolute Gasteiger partial charge is 0.406 e. The van der Waals surface area contributed by atoms with E-state index in [2.05, 4.69) is 15.4 Å². The van der Waals surface area contributed by atoms with Crippen molar-refractivity contribution in [3.05, 3.63) is 29.8 Å². The van der Waals surface area contributed by atoms with Gasteiger partial charge in [-0.15, -0.1) is 13.2 Å². The van der Waals surface area contributed by atoms with Gasteiger partial charge in [-0.05, 0) is 30.5 Å². The van der Waals surface area contributed by atoms with Crippen molar-refractivity contribution in [2.75, 3.05) is 33.4 Å². The van der Waals surface area contributed by atoms with Gasteiger partial charge in [0.05, 0.1) is 13.2 Å². The molecule has 11 heteroatoms. The molecule has 2 N–H and O–H groups in total. The first-order valence-electron chi connectivity index (χ1n) is 8.96. The molecule has 0 radical (unpaired) electrons. The Morgan fingerprint density at radius 2 is 1.90 bits per heavy atom. The van der Waals surface area contributed by atoms with E-state index in [1.807, 2.05) is 0 Å². The number of alkyl halides is 4. The maximum Gasteiger partial charge on any atom is 0.573 e. The van der Waals surface area contributed by atoms with Gasteiger partial charge in [0.2, 0.25) is 5.67 Å². The van der Waals surface area contributed by atoms with Crippen LogP contribution in [0.25, 0.3) is 0 Å². The van der Waals surface area contributed by atoms with Crippen LogP contribution < -0.4 is 15.4 Å². The minimum absolute atomic E-state index is 0.0102. The van der Waals surface area contributed by atoms with Crippen LogP contribution in [-0.2, 0) is 16.1 Å². The Morgan fingerprint density at radius 3 is 2.52 bits per heavy atom. The Kier molecular flexibility index (Phi) is 7.66. The zero-order valence-electron chi connectivity index (χ0n) is 15.9. The van der Waals surface area contributed by atoms with E-state index < -0.39 is 24.0 Å². The average Bonchev–Trinajstić information content (AvgIpc) is 2.66. The summed E-state index contributed by atoms with van der Waals surface area (Å²) in [5.41, 5.74) is -1.64. The number of hydrogen-bond donors (Lipinski definition) is 2. The molecular formula is C18H23F4N3O4. The van der Waals surface area contributed by atoms with Gasteiger partial charge in [0, 0.05) is 26.7 Å². The molecule has 1 aromatic carbocycles. The van der Waals surface area contributed by atoms with E-state index in [-0.39, 0.29) is 38.4 Å². The highest BCUT2D eigenvalue weighted by Gasteiger charge is 2.43. The number of nitrogens with one attached hydrogen (secondary N) is 2. The molecule has 0 saturated carbocycles. The molecule has 1 saturated heterocycles. The number of piperidine rings is 1. The molecule has 1 aliphatic heterocycles. The number of carbonyl (C=O) groups excluding carboxylic acids is 2. The maximum atomic E-state index is 15.0. The van der Waals surface area contributed by atoms with Crippen LogP contribution in [0, 0.1) is 0 Å². The van der Waals surface area contributed by atoms with E-state index in [1.54, 1.807) is 0 Å². The molecule has 29 heavy (non-hydrogen) atoms. The van der Waals surface area contributed by atoms with Crippen molar-refractivity contribution in [3.63, 3.8) is 0 Å². The van der Waals surface area contributed by atoms with Crippen molar-refractivity contribution in [1.29, 1.82) is 0 Å². The van der Waals surface area contributed by atoms with E-state index in [9.17, 15) is 27.2 Å². The second kappa shape index (κ2) is 9.77. The van der Waals surface area contributed by atoms with Crippen LogP contribution in [0.15, 0.2) is 24.3 Å². The van der Waals surface area contributed by atoms with E-state index >= 15 is 0 Å². The molecule has 3 amide bonds.